The summed E-state index contributed by atoms with van der Waals surface area (Å²) in [6, 6.07) is 9.80. The number of aliphatic hydroxyl groups is 1. The van der Waals surface area contributed by atoms with Crippen LogP contribution in [0.3, 0.4) is 0 Å². The van der Waals surface area contributed by atoms with Crippen molar-refractivity contribution in [1.82, 2.24) is 0 Å². The van der Waals surface area contributed by atoms with Gasteiger partial charge in [-0.15, -0.1) is 0 Å². The van der Waals surface area contributed by atoms with E-state index in [4.69, 9.17) is 0 Å². The first-order valence-corrected chi connectivity index (χ1v) is 8.75. The Balaban J connectivity index is 0.00000264. The van der Waals surface area contributed by atoms with Crippen LogP contribution < -0.4 is 17.7 Å². The molecule has 0 amide bonds. The summed E-state index contributed by atoms with van der Waals surface area (Å²) in [6.07, 6.45) is 7.31. The van der Waals surface area contributed by atoms with Crippen LogP contribution in [0.25, 0.3) is 0 Å². The molecular formula is C19H30ClNO2. The number of benzene rings is 1. The molecule has 0 radical (unpaired) electrons. The molecule has 1 fully saturated rings. The Morgan fingerprint density at radius 2 is 1.87 bits per heavy atom. The van der Waals surface area contributed by atoms with Gasteiger partial charge in [0.1, 0.15) is 17.9 Å². The number of halogens is 1. The van der Waals surface area contributed by atoms with Crippen LogP contribution >= 0.6 is 0 Å². The van der Waals surface area contributed by atoms with Crippen molar-refractivity contribution in [2.24, 2.45) is 5.92 Å². The Labute approximate surface area is 146 Å². The Bertz CT molecular complexity index is 446. The fraction of sp³-hybridized carbons (Fsp3) is 0.632. The van der Waals surface area contributed by atoms with Crippen molar-refractivity contribution in [3.05, 3.63) is 35.9 Å². The van der Waals surface area contributed by atoms with Gasteiger partial charge in [0.15, 0.2) is 0 Å². The molecule has 0 heterocycles. The first-order chi connectivity index (χ1) is 10.7. The normalized spacial score (nSPS) is 17.5. The number of carbonyl (C=O) groups is 1. The highest BCUT2D eigenvalue weighted by atomic mass is 35.5. The number of hydrogen-bond acceptors (Lipinski definition) is 2. The van der Waals surface area contributed by atoms with Crippen LogP contribution in [-0.2, 0) is 4.79 Å². The molecule has 4 heteroatoms. The second-order valence-electron chi connectivity index (χ2n) is 6.72. The predicted octanol–water partition coefficient (Wildman–Crippen LogP) is -0.394. The minimum absolute atomic E-state index is 0. The summed E-state index contributed by atoms with van der Waals surface area (Å²) in [6.45, 7) is 2.79. The van der Waals surface area contributed by atoms with Crippen LogP contribution in [-0.4, -0.2) is 23.5 Å². The predicted molar refractivity (Wildman–Crippen MR) is 88.5 cm³/mol. The number of quaternary nitrogens is 1. The van der Waals surface area contributed by atoms with E-state index >= 15 is 0 Å². The van der Waals surface area contributed by atoms with Gasteiger partial charge in [-0.2, -0.15) is 0 Å². The molecule has 1 saturated carbocycles. The van der Waals surface area contributed by atoms with E-state index in [-0.39, 0.29) is 18.4 Å². The zero-order valence-corrected chi connectivity index (χ0v) is 14.8. The molecule has 1 aromatic rings. The summed E-state index contributed by atoms with van der Waals surface area (Å²) in [7, 11) is 0. The first kappa shape index (κ1) is 20.1. The largest absolute Gasteiger partial charge is 1.00 e. The average Bonchev–Trinajstić information content (AvgIpc) is 3.06. The van der Waals surface area contributed by atoms with Crippen LogP contribution in [0.2, 0.25) is 0 Å². The van der Waals surface area contributed by atoms with E-state index in [0.29, 0.717) is 12.2 Å². The maximum absolute atomic E-state index is 11.9. The molecule has 3 nitrogen and oxygen atoms in total. The lowest BCUT2D eigenvalue weighted by atomic mass is 9.99. The van der Waals surface area contributed by atoms with E-state index in [0.717, 1.165) is 30.9 Å². The van der Waals surface area contributed by atoms with Gasteiger partial charge in [-0.05, 0) is 24.8 Å². The third-order valence-corrected chi connectivity index (χ3v) is 4.91. The van der Waals surface area contributed by atoms with Crippen molar-refractivity contribution >= 4 is 5.78 Å². The van der Waals surface area contributed by atoms with Crippen LogP contribution in [0.1, 0.15) is 63.5 Å². The SMILES string of the molecule is CC([NH2+]CCC(=O)CCC1CCCC1)C(O)c1ccccc1.[Cl-]. The Morgan fingerprint density at radius 3 is 2.52 bits per heavy atom. The quantitative estimate of drug-likeness (QED) is 0.643. The van der Waals surface area contributed by atoms with Gasteiger partial charge in [-0.3, -0.25) is 4.79 Å². The molecule has 2 unspecified atom stereocenters. The third kappa shape index (κ3) is 7.03. The maximum Gasteiger partial charge on any atom is 0.138 e. The van der Waals surface area contributed by atoms with Crippen molar-refractivity contribution in [1.29, 1.82) is 0 Å². The summed E-state index contributed by atoms with van der Waals surface area (Å²) in [5.74, 6) is 1.18. The Kier molecular flexibility index (Phi) is 9.46. The van der Waals surface area contributed by atoms with E-state index in [1.807, 2.05) is 37.3 Å². The van der Waals surface area contributed by atoms with Crippen molar-refractivity contribution in [2.75, 3.05) is 6.54 Å². The summed E-state index contributed by atoms with van der Waals surface area (Å²) in [4.78, 5) is 11.9. The summed E-state index contributed by atoms with van der Waals surface area (Å²) in [5, 5.41) is 12.4. The number of carbonyl (C=O) groups excluding carboxylic acids is 1. The van der Waals surface area contributed by atoms with Gasteiger partial charge in [-0.25, -0.2) is 0 Å². The monoisotopic (exact) mass is 339 g/mol. The Morgan fingerprint density at radius 1 is 1.22 bits per heavy atom. The molecule has 0 aliphatic heterocycles. The highest BCUT2D eigenvalue weighted by Crippen LogP contribution is 2.28. The lowest BCUT2D eigenvalue weighted by Crippen LogP contribution is -3.00. The zero-order valence-electron chi connectivity index (χ0n) is 14.1. The van der Waals surface area contributed by atoms with E-state index in [9.17, 15) is 9.90 Å². The lowest BCUT2D eigenvalue weighted by Gasteiger charge is -2.17. The van der Waals surface area contributed by atoms with E-state index in [2.05, 4.69) is 5.32 Å². The molecule has 3 N–H and O–H groups in total. The molecule has 0 aromatic heterocycles. The van der Waals surface area contributed by atoms with Crippen LogP contribution in [0.5, 0.6) is 0 Å². The second kappa shape index (κ2) is 10.8. The number of Topliss-reactive ketones (excluding diaryl/α,β-unsaturated/α-hetero) is 1. The molecule has 1 aliphatic carbocycles. The second-order valence-corrected chi connectivity index (χ2v) is 6.72. The molecule has 2 rings (SSSR count). The van der Waals surface area contributed by atoms with Gasteiger partial charge >= 0.3 is 0 Å². The van der Waals surface area contributed by atoms with E-state index in [1.54, 1.807) is 0 Å². The van der Waals surface area contributed by atoms with Crippen molar-refractivity contribution in [2.45, 2.75) is 64.0 Å². The van der Waals surface area contributed by atoms with Gasteiger partial charge in [0.2, 0.25) is 0 Å². The summed E-state index contributed by atoms with van der Waals surface area (Å²) >= 11 is 0. The molecule has 1 aliphatic rings. The van der Waals surface area contributed by atoms with Crippen molar-refractivity contribution in [3.63, 3.8) is 0 Å². The van der Waals surface area contributed by atoms with E-state index < -0.39 is 6.10 Å². The standard InChI is InChI=1S/C19H29NO2.ClH/c1-15(19(22)17-9-3-2-4-10-17)20-14-13-18(21)12-11-16-7-5-6-8-16;/h2-4,9-10,15-16,19-20,22H,5-8,11-14H2,1H3;1H. The highest BCUT2D eigenvalue weighted by molar-refractivity contribution is 5.78. The summed E-state index contributed by atoms with van der Waals surface area (Å²) < 4.78 is 0. The van der Waals surface area contributed by atoms with Crippen molar-refractivity contribution < 1.29 is 27.6 Å². The van der Waals surface area contributed by atoms with E-state index in [1.165, 1.54) is 25.7 Å². The Hall–Kier alpha value is -0.900. The average molecular weight is 340 g/mol. The van der Waals surface area contributed by atoms with Gasteiger partial charge in [-0.1, -0.05) is 56.0 Å². The topological polar surface area (TPSA) is 53.9 Å². The van der Waals surface area contributed by atoms with Crippen LogP contribution in [0.4, 0.5) is 0 Å². The maximum atomic E-state index is 11.9. The minimum atomic E-state index is -0.477. The number of ketones is 1. The number of nitrogens with two attached hydrogens (primary N) is 1. The van der Waals surface area contributed by atoms with Crippen molar-refractivity contribution in [3.8, 4) is 0 Å². The first-order valence-electron chi connectivity index (χ1n) is 8.75. The van der Waals surface area contributed by atoms with Gasteiger partial charge < -0.3 is 22.8 Å². The highest BCUT2D eigenvalue weighted by Gasteiger charge is 2.20. The molecule has 130 valence electrons. The number of rotatable bonds is 9. The fourth-order valence-corrected chi connectivity index (χ4v) is 3.38. The molecule has 0 spiro atoms. The van der Waals surface area contributed by atoms with Gasteiger partial charge in [0.05, 0.1) is 13.0 Å². The number of aliphatic hydroxyl groups excluding tert-OH is 1. The smallest absolute Gasteiger partial charge is 0.138 e. The lowest BCUT2D eigenvalue weighted by molar-refractivity contribution is -0.693. The summed E-state index contributed by atoms with van der Waals surface area (Å²) in [5.41, 5.74) is 0.943. The third-order valence-electron chi connectivity index (χ3n) is 4.91. The molecule has 0 saturated heterocycles. The molecule has 0 bridgehead atoms. The van der Waals surface area contributed by atoms with Crippen LogP contribution in [0, 0.1) is 5.92 Å². The zero-order chi connectivity index (χ0) is 15.8. The van der Waals surface area contributed by atoms with Crippen LogP contribution in [0.15, 0.2) is 30.3 Å². The molecule has 23 heavy (non-hydrogen) atoms. The molecule has 1 aromatic carbocycles. The number of hydrogen-bond donors (Lipinski definition) is 2. The van der Waals surface area contributed by atoms with Gasteiger partial charge in [0.25, 0.3) is 0 Å². The van der Waals surface area contributed by atoms with Gasteiger partial charge in [0, 0.05) is 6.42 Å². The molecule has 2 atom stereocenters. The fourth-order valence-electron chi connectivity index (χ4n) is 3.38. The molecular weight excluding hydrogens is 310 g/mol. The minimum Gasteiger partial charge on any atom is -1.00 e.